The number of nitrogens with zero attached hydrogens (tertiary/aromatic N) is 3. The van der Waals surface area contributed by atoms with Gasteiger partial charge in [0.2, 0.25) is 12.2 Å². The number of para-hydroxylation sites is 1. The third-order valence-corrected chi connectivity index (χ3v) is 7.39. The lowest BCUT2D eigenvalue weighted by molar-refractivity contribution is 0.0926. The highest BCUT2D eigenvalue weighted by atomic mass is 16.5. The standard InChI is InChI=1S/C29H39N5O2/c1-3-4-5-11-20-34(28(31)33-22-30)24-16-18-29(19-17-24,23-12-7-6-8-13-23)21-32-27(35)25-14-9-10-15-26(25)36-2/h6-10,12-15,24H,3-5,11,16-21H2,1-2H3,(H2,31,33)(H,32,35)/t24-,29-. The van der Waals surface area contributed by atoms with Gasteiger partial charge in [0.1, 0.15) is 5.75 Å². The van der Waals surface area contributed by atoms with Crippen LogP contribution in [0, 0.1) is 11.5 Å². The molecule has 0 bridgehead atoms. The van der Waals surface area contributed by atoms with Gasteiger partial charge in [-0.2, -0.15) is 5.26 Å². The summed E-state index contributed by atoms with van der Waals surface area (Å²) in [5.74, 6) is 0.752. The van der Waals surface area contributed by atoms with Gasteiger partial charge in [0.25, 0.3) is 5.91 Å². The van der Waals surface area contributed by atoms with E-state index in [1.54, 1.807) is 19.2 Å². The van der Waals surface area contributed by atoms with Gasteiger partial charge in [0.15, 0.2) is 0 Å². The Morgan fingerprint density at radius 2 is 1.83 bits per heavy atom. The van der Waals surface area contributed by atoms with Crippen molar-refractivity contribution in [1.29, 1.82) is 5.26 Å². The molecule has 7 nitrogen and oxygen atoms in total. The number of hydrogen-bond donors (Lipinski definition) is 2. The fraction of sp³-hybridized carbons (Fsp3) is 0.483. The van der Waals surface area contributed by atoms with Crippen LogP contribution >= 0.6 is 0 Å². The van der Waals surface area contributed by atoms with Gasteiger partial charge in [-0.1, -0.05) is 68.7 Å². The van der Waals surface area contributed by atoms with Crippen LogP contribution in [0.15, 0.2) is 59.6 Å². The first kappa shape index (κ1) is 27.1. The Kier molecular flexibility index (Phi) is 10.2. The second-order valence-corrected chi connectivity index (χ2v) is 9.58. The van der Waals surface area contributed by atoms with E-state index in [9.17, 15) is 4.79 Å². The Morgan fingerprint density at radius 1 is 1.14 bits per heavy atom. The molecular formula is C29H39N5O2. The summed E-state index contributed by atoms with van der Waals surface area (Å²) in [5, 5.41) is 12.3. The fourth-order valence-electron chi connectivity index (χ4n) is 5.31. The lowest BCUT2D eigenvalue weighted by Crippen LogP contribution is -2.51. The molecule has 36 heavy (non-hydrogen) atoms. The van der Waals surface area contributed by atoms with Gasteiger partial charge in [0.05, 0.1) is 12.7 Å². The Morgan fingerprint density at radius 3 is 2.50 bits per heavy atom. The summed E-state index contributed by atoms with van der Waals surface area (Å²) in [5.41, 5.74) is 7.82. The maximum atomic E-state index is 13.1. The van der Waals surface area contributed by atoms with Crippen molar-refractivity contribution in [3.05, 3.63) is 65.7 Å². The van der Waals surface area contributed by atoms with Gasteiger partial charge >= 0.3 is 0 Å². The van der Waals surface area contributed by atoms with E-state index >= 15 is 0 Å². The van der Waals surface area contributed by atoms with Crippen LogP contribution in [0.1, 0.15) is 74.2 Å². The number of rotatable bonds is 11. The maximum Gasteiger partial charge on any atom is 0.255 e. The van der Waals surface area contributed by atoms with Crippen molar-refractivity contribution in [2.75, 3.05) is 20.2 Å². The van der Waals surface area contributed by atoms with Crippen LogP contribution in [0.2, 0.25) is 0 Å². The highest BCUT2D eigenvalue weighted by Gasteiger charge is 2.39. The van der Waals surface area contributed by atoms with Gasteiger partial charge in [-0.15, -0.1) is 4.99 Å². The van der Waals surface area contributed by atoms with Crippen LogP contribution in [-0.2, 0) is 5.41 Å². The molecule has 0 spiro atoms. The van der Waals surface area contributed by atoms with E-state index in [-0.39, 0.29) is 17.4 Å². The molecule has 2 aromatic rings. The second kappa shape index (κ2) is 13.5. The van der Waals surface area contributed by atoms with E-state index < -0.39 is 0 Å². The quantitative estimate of drug-likeness (QED) is 0.200. The number of nitrogens with one attached hydrogen (secondary N) is 1. The van der Waals surface area contributed by atoms with Gasteiger partial charge in [-0.05, 0) is 49.8 Å². The molecule has 0 aliphatic heterocycles. The number of carbonyl (C=O) groups is 1. The van der Waals surface area contributed by atoms with E-state index in [0.717, 1.165) is 45.1 Å². The van der Waals surface area contributed by atoms with E-state index in [1.165, 1.54) is 18.4 Å². The number of aliphatic imine (C=N–C) groups is 1. The topological polar surface area (TPSA) is 104 Å². The number of amides is 1. The number of nitrogens with two attached hydrogens (primary N) is 1. The minimum atomic E-state index is -0.176. The van der Waals surface area contributed by atoms with Gasteiger partial charge in [0, 0.05) is 24.5 Å². The maximum absolute atomic E-state index is 13.1. The van der Waals surface area contributed by atoms with Crippen molar-refractivity contribution >= 4 is 11.9 Å². The number of nitriles is 1. The largest absolute Gasteiger partial charge is 0.496 e. The zero-order valence-electron chi connectivity index (χ0n) is 21.6. The van der Waals surface area contributed by atoms with Crippen molar-refractivity contribution in [2.24, 2.45) is 10.7 Å². The number of methoxy groups -OCH3 is 1. The molecule has 1 fully saturated rings. The van der Waals surface area contributed by atoms with E-state index in [4.69, 9.17) is 15.7 Å². The average molecular weight is 490 g/mol. The Labute approximate surface area is 215 Å². The van der Waals surface area contributed by atoms with Gasteiger partial charge in [-0.3, -0.25) is 4.79 Å². The smallest absolute Gasteiger partial charge is 0.255 e. The van der Waals surface area contributed by atoms with Crippen LogP contribution in [0.25, 0.3) is 0 Å². The Hall–Kier alpha value is -3.53. The lowest BCUT2D eigenvalue weighted by Gasteiger charge is -2.44. The molecule has 3 rings (SSSR count). The number of ether oxygens (including phenoxy) is 1. The zero-order chi connectivity index (χ0) is 25.8. The molecule has 3 N–H and O–H groups in total. The predicted octanol–water partition coefficient (Wildman–Crippen LogP) is 4.98. The summed E-state index contributed by atoms with van der Waals surface area (Å²) < 4.78 is 5.39. The summed E-state index contributed by atoms with van der Waals surface area (Å²) in [6.07, 6.45) is 10.0. The van der Waals surface area contributed by atoms with Crippen molar-refractivity contribution in [3.63, 3.8) is 0 Å². The normalized spacial score (nSPS) is 19.8. The Balaban J connectivity index is 1.75. The first-order valence-corrected chi connectivity index (χ1v) is 13.0. The monoisotopic (exact) mass is 489 g/mol. The summed E-state index contributed by atoms with van der Waals surface area (Å²) in [7, 11) is 1.58. The molecule has 0 heterocycles. The van der Waals surface area contributed by atoms with E-state index in [1.807, 2.05) is 24.4 Å². The summed E-state index contributed by atoms with van der Waals surface area (Å²) in [6.45, 7) is 3.55. The summed E-state index contributed by atoms with van der Waals surface area (Å²) in [6, 6.07) is 18.0. The second-order valence-electron chi connectivity index (χ2n) is 9.58. The van der Waals surface area contributed by atoms with Crippen molar-refractivity contribution in [2.45, 2.75) is 69.7 Å². The van der Waals surface area contributed by atoms with Crippen LogP contribution in [0.5, 0.6) is 5.75 Å². The van der Waals surface area contributed by atoms with E-state index in [2.05, 4.69) is 46.4 Å². The van der Waals surface area contributed by atoms with Gasteiger partial charge < -0.3 is 20.7 Å². The van der Waals surface area contributed by atoms with Crippen LogP contribution in [0.3, 0.4) is 0 Å². The predicted molar refractivity (Wildman–Crippen MR) is 144 cm³/mol. The molecular weight excluding hydrogens is 450 g/mol. The fourth-order valence-corrected chi connectivity index (χ4v) is 5.31. The molecule has 1 aliphatic rings. The zero-order valence-corrected chi connectivity index (χ0v) is 21.6. The molecule has 192 valence electrons. The van der Waals surface area contributed by atoms with Crippen molar-refractivity contribution < 1.29 is 9.53 Å². The SMILES string of the molecule is CCCCCCN(C(N)=NC#N)[C@H]1CC[C@](CNC(=O)c2ccccc2OC)(c2ccccc2)CC1. The summed E-state index contributed by atoms with van der Waals surface area (Å²) >= 11 is 0. The molecule has 0 aromatic heterocycles. The molecule has 0 radical (unpaired) electrons. The van der Waals surface area contributed by atoms with Gasteiger partial charge in [-0.25, -0.2) is 0 Å². The number of unbranched alkanes of at least 4 members (excludes halogenated alkanes) is 3. The third kappa shape index (κ3) is 6.78. The molecule has 1 amide bonds. The first-order valence-electron chi connectivity index (χ1n) is 13.0. The molecule has 7 heteroatoms. The lowest BCUT2D eigenvalue weighted by atomic mass is 9.67. The molecule has 0 unspecified atom stereocenters. The Bertz CT molecular complexity index is 1040. The molecule has 1 aliphatic carbocycles. The molecule has 0 saturated heterocycles. The third-order valence-electron chi connectivity index (χ3n) is 7.39. The highest BCUT2D eigenvalue weighted by molar-refractivity contribution is 5.97. The number of hydrogen-bond acceptors (Lipinski definition) is 4. The highest BCUT2D eigenvalue weighted by Crippen LogP contribution is 2.40. The van der Waals surface area contributed by atoms with E-state index in [0.29, 0.717) is 23.8 Å². The molecule has 1 saturated carbocycles. The van der Waals surface area contributed by atoms with Crippen molar-refractivity contribution in [3.8, 4) is 11.9 Å². The number of carbonyl (C=O) groups excluding carboxylic acids is 1. The number of guanidine groups is 1. The first-order chi connectivity index (χ1) is 17.5. The minimum absolute atomic E-state index is 0.132. The average Bonchev–Trinajstić information content (AvgIpc) is 2.93. The van der Waals surface area contributed by atoms with Crippen LogP contribution in [-0.4, -0.2) is 43.0 Å². The van der Waals surface area contributed by atoms with Crippen LogP contribution < -0.4 is 15.8 Å². The number of benzene rings is 2. The molecule has 2 aromatic carbocycles. The van der Waals surface area contributed by atoms with Crippen LogP contribution in [0.4, 0.5) is 0 Å². The molecule has 0 atom stereocenters. The summed E-state index contributed by atoms with van der Waals surface area (Å²) in [4.78, 5) is 19.1. The van der Waals surface area contributed by atoms with Crippen molar-refractivity contribution in [1.82, 2.24) is 10.2 Å². The minimum Gasteiger partial charge on any atom is -0.496 e.